The zero-order chi connectivity index (χ0) is 14.5. The fourth-order valence-electron chi connectivity index (χ4n) is 2.10. The molecule has 1 saturated heterocycles. The lowest BCUT2D eigenvalue weighted by molar-refractivity contribution is 0.0318. The van der Waals surface area contributed by atoms with Crippen LogP contribution in [0.25, 0.3) is 0 Å². The number of ether oxygens (including phenoxy) is 2. The molecule has 1 fully saturated rings. The van der Waals surface area contributed by atoms with Crippen molar-refractivity contribution in [3.63, 3.8) is 0 Å². The number of aryl methyl sites for hydroxylation is 1. The van der Waals surface area contributed by atoms with E-state index in [0.29, 0.717) is 13.2 Å². The van der Waals surface area contributed by atoms with Gasteiger partial charge in [0.25, 0.3) is 5.91 Å². The normalized spacial score (nSPS) is 19.8. The highest BCUT2D eigenvalue weighted by Crippen LogP contribution is 2.18. The summed E-state index contributed by atoms with van der Waals surface area (Å²) in [5.74, 6) is -0.291. The van der Waals surface area contributed by atoms with Crippen LogP contribution in [0, 0.1) is 6.92 Å². The number of carbonyl (C=O) groups is 1. The molecule has 0 saturated carbocycles. The highest BCUT2D eigenvalue weighted by atomic mass is 16.5. The van der Waals surface area contributed by atoms with Crippen LogP contribution in [0.15, 0.2) is 18.2 Å². The molecule has 2 N–H and O–H groups in total. The molecule has 1 amide bonds. The van der Waals surface area contributed by atoms with E-state index in [1.165, 1.54) is 0 Å². The lowest BCUT2D eigenvalue weighted by Crippen LogP contribution is -2.37. The Hall–Kier alpha value is -1.59. The quantitative estimate of drug-likeness (QED) is 0.859. The molecule has 5 nitrogen and oxygen atoms in total. The molecule has 1 aliphatic heterocycles. The van der Waals surface area contributed by atoms with Crippen LogP contribution in [0.2, 0.25) is 0 Å². The first-order chi connectivity index (χ1) is 9.56. The number of phenolic OH excluding ortho intramolecular Hbond substituents is 1. The van der Waals surface area contributed by atoms with Gasteiger partial charge in [-0.1, -0.05) is 6.07 Å². The van der Waals surface area contributed by atoms with Gasteiger partial charge >= 0.3 is 0 Å². The van der Waals surface area contributed by atoms with Gasteiger partial charge < -0.3 is 19.9 Å². The van der Waals surface area contributed by atoms with Crippen LogP contribution in [0.4, 0.5) is 0 Å². The van der Waals surface area contributed by atoms with Gasteiger partial charge in [0.2, 0.25) is 0 Å². The summed E-state index contributed by atoms with van der Waals surface area (Å²) in [6.07, 6.45) is 1.03. The molecule has 1 aromatic carbocycles. The van der Waals surface area contributed by atoms with E-state index in [-0.39, 0.29) is 29.4 Å². The number of phenols is 1. The van der Waals surface area contributed by atoms with Crippen LogP contribution in [-0.4, -0.2) is 43.0 Å². The minimum absolute atomic E-state index is 0.000175. The van der Waals surface area contributed by atoms with Crippen LogP contribution < -0.4 is 5.32 Å². The maximum atomic E-state index is 12.0. The molecule has 2 rings (SSSR count). The van der Waals surface area contributed by atoms with E-state index in [2.05, 4.69) is 5.32 Å². The molecule has 1 aliphatic rings. The molecule has 1 aromatic rings. The van der Waals surface area contributed by atoms with Crippen molar-refractivity contribution in [1.82, 2.24) is 5.32 Å². The lowest BCUT2D eigenvalue weighted by atomic mass is 10.1. The summed E-state index contributed by atoms with van der Waals surface area (Å²) in [5.41, 5.74) is 1.20. The number of nitrogens with one attached hydrogen (secondary N) is 1. The van der Waals surface area contributed by atoms with Crippen molar-refractivity contribution in [2.75, 3.05) is 19.8 Å². The van der Waals surface area contributed by atoms with Crippen LogP contribution >= 0.6 is 0 Å². The predicted octanol–water partition coefficient (Wildman–Crippen LogP) is 1.62. The Bertz CT molecular complexity index is 469. The first-order valence-corrected chi connectivity index (χ1v) is 6.86. The van der Waals surface area contributed by atoms with E-state index < -0.39 is 0 Å². The third kappa shape index (κ3) is 3.95. The fourth-order valence-corrected chi connectivity index (χ4v) is 2.10. The lowest BCUT2D eigenvalue weighted by Gasteiger charge is -2.17. The second kappa shape index (κ2) is 6.72. The van der Waals surface area contributed by atoms with E-state index in [4.69, 9.17) is 9.47 Å². The number of carbonyl (C=O) groups excluding carboxylic acids is 1. The Balaban J connectivity index is 1.83. The van der Waals surface area contributed by atoms with Gasteiger partial charge in [0.15, 0.2) is 0 Å². The molecule has 0 bridgehead atoms. The molecule has 0 aliphatic carbocycles. The fraction of sp³-hybridized carbons (Fsp3) is 0.533. The maximum absolute atomic E-state index is 12.0. The minimum Gasteiger partial charge on any atom is -0.507 e. The zero-order valence-corrected chi connectivity index (χ0v) is 11.9. The van der Waals surface area contributed by atoms with Crippen molar-refractivity contribution in [3.8, 4) is 5.75 Å². The summed E-state index contributed by atoms with van der Waals surface area (Å²) in [4.78, 5) is 12.0. The summed E-state index contributed by atoms with van der Waals surface area (Å²) in [6, 6.07) is 4.87. The van der Waals surface area contributed by atoms with Crippen molar-refractivity contribution in [1.29, 1.82) is 0 Å². The maximum Gasteiger partial charge on any atom is 0.255 e. The van der Waals surface area contributed by atoms with Crippen LogP contribution in [0.1, 0.15) is 29.3 Å². The number of hydrogen-bond donors (Lipinski definition) is 2. The van der Waals surface area contributed by atoms with Gasteiger partial charge in [0.1, 0.15) is 5.75 Å². The van der Waals surface area contributed by atoms with Crippen molar-refractivity contribution >= 4 is 5.91 Å². The van der Waals surface area contributed by atoms with E-state index in [0.717, 1.165) is 18.6 Å². The Morgan fingerprint density at radius 3 is 3.05 bits per heavy atom. The molecular weight excluding hydrogens is 258 g/mol. The number of aromatic hydroxyl groups is 1. The van der Waals surface area contributed by atoms with Gasteiger partial charge in [-0.3, -0.25) is 4.79 Å². The molecule has 0 unspecified atom stereocenters. The second-order valence-corrected chi connectivity index (χ2v) is 5.21. The van der Waals surface area contributed by atoms with E-state index in [9.17, 15) is 9.90 Å². The van der Waals surface area contributed by atoms with Crippen LogP contribution in [-0.2, 0) is 9.47 Å². The summed E-state index contributed by atoms with van der Waals surface area (Å²) >= 11 is 0. The number of benzene rings is 1. The van der Waals surface area contributed by atoms with Gasteiger partial charge in [0, 0.05) is 12.6 Å². The molecule has 2 atom stereocenters. The van der Waals surface area contributed by atoms with Crippen molar-refractivity contribution in [3.05, 3.63) is 29.3 Å². The van der Waals surface area contributed by atoms with Gasteiger partial charge in [-0.2, -0.15) is 0 Å². The third-order valence-electron chi connectivity index (χ3n) is 3.25. The average molecular weight is 279 g/mol. The van der Waals surface area contributed by atoms with Crippen molar-refractivity contribution < 1.29 is 19.4 Å². The minimum atomic E-state index is -0.290. The molecule has 0 aromatic heterocycles. The first kappa shape index (κ1) is 14.8. The molecule has 20 heavy (non-hydrogen) atoms. The Morgan fingerprint density at radius 1 is 1.60 bits per heavy atom. The van der Waals surface area contributed by atoms with E-state index >= 15 is 0 Å². The smallest absolute Gasteiger partial charge is 0.255 e. The Labute approximate surface area is 118 Å². The summed E-state index contributed by atoms with van der Waals surface area (Å²) in [6.45, 7) is 5.54. The zero-order valence-electron chi connectivity index (χ0n) is 11.9. The monoisotopic (exact) mass is 279 g/mol. The third-order valence-corrected chi connectivity index (χ3v) is 3.25. The number of amides is 1. The molecular formula is C15H21NO4. The van der Waals surface area contributed by atoms with Crippen molar-refractivity contribution in [2.24, 2.45) is 0 Å². The SMILES string of the molecule is Cc1ccc(C(=O)N[C@H](C)CO[C@@H]2CCOC2)c(O)c1. The van der Waals surface area contributed by atoms with Gasteiger partial charge in [0.05, 0.1) is 24.9 Å². The molecule has 0 radical (unpaired) electrons. The number of rotatable bonds is 5. The Kier molecular flexibility index (Phi) is 4.98. The van der Waals surface area contributed by atoms with Gasteiger partial charge in [-0.15, -0.1) is 0 Å². The van der Waals surface area contributed by atoms with E-state index in [1.54, 1.807) is 18.2 Å². The molecule has 0 spiro atoms. The average Bonchev–Trinajstić information content (AvgIpc) is 2.89. The summed E-state index contributed by atoms with van der Waals surface area (Å²) in [7, 11) is 0. The molecule has 1 heterocycles. The topological polar surface area (TPSA) is 67.8 Å². The predicted molar refractivity (Wildman–Crippen MR) is 74.9 cm³/mol. The second-order valence-electron chi connectivity index (χ2n) is 5.21. The summed E-state index contributed by atoms with van der Waals surface area (Å²) < 4.78 is 10.9. The van der Waals surface area contributed by atoms with Crippen LogP contribution in [0.5, 0.6) is 5.75 Å². The van der Waals surface area contributed by atoms with Crippen molar-refractivity contribution in [2.45, 2.75) is 32.4 Å². The Morgan fingerprint density at radius 2 is 2.40 bits per heavy atom. The van der Waals surface area contributed by atoms with Gasteiger partial charge in [-0.05, 0) is 38.0 Å². The number of hydrogen-bond acceptors (Lipinski definition) is 4. The van der Waals surface area contributed by atoms with E-state index in [1.807, 2.05) is 13.8 Å². The highest BCUT2D eigenvalue weighted by molar-refractivity contribution is 5.97. The first-order valence-electron chi connectivity index (χ1n) is 6.86. The standard InChI is InChI=1S/C15H21NO4/c1-10-3-4-13(14(17)7-10)15(18)16-11(2)8-20-12-5-6-19-9-12/h3-4,7,11-12,17H,5-6,8-9H2,1-2H3,(H,16,18)/t11-,12-/m1/s1. The van der Waals surface area contributed by atoms with Crippen LogP contribution in [0.3, 0.4) is 0 Å². The molecule has 5 heteroatoms. The largest absolute Gasteiger partial charge is 0.507 e. The summed E-state index contributed by atoms with van der Waals surface area (Å²) in [5, 5.41) is 12.6. The highest BCUT2D eigenvalue weighted by Gasteiger charge is 2.18. The van der Waals surface area contributed by atoms with Gasteiger partial charge in [-0.25, -0.2) is 0 Å². The molecule has 110 valence electrons.